The van der Waals surface area contributed by atoms with Gasteiger partial charge < -0.3 is 24.8 Å². The molecule has 0 unspecified atom stereocenters. The number of aromatic hydroxyl groups is 1. The molecule has 0 saturated heterocycles. The Labute approximate surface area is 135 Å². The van der Waals surface area contributed by atoms with Crippen molar-refractivity contribution in [2.75, 3.05) is 0 Å². The predicted octanol–water partition coefficient (Wildman–Crippen LogP) is 0.418. The number of benzene rings is 1. The maximum Gasteiger partial charge on any atom is 0.349 e. The van der Waals surface area contributed by atoms with Crippen molar-refractivity contribution in [3.63, 3.8) is 0 Å². The molecule has 0 aliphatic rings. The second-order valence-electron chi connectivity index (χ2n) is 4.49. The van der Waals surface area contributed by atoms with Gasteiger partial charge in [0.15, 0.2) is 0 Å². The largest absolute Gasteiger partial charge is 0.508 e. The molecule has 0 aliphatic carbocycles. The zero-order valence-electron chi connectivity index (χ0n) is 12.4. The third-order valence-corrected chi connectivity index (χ3v) is 2.60. The Morgan fingerprint density at radius 2 is 1.46 bits per heavy atom. The van der Waals surface area contributed by atoms with E-state index in [0.29, 0.717) is 5.56 Å². The smallest absolute Gasteiger partial charge is 0.349 e. The van der Waals surface area contributed by atoms with Gasteiger partial charge in [0.1, 0.15) is 5.75 Å². The number of aliphatic carboxylic acids is 2. The van der Waals surface area contributed by atoms with Gasteiger partial charge in [-0.25, -0.2) is 14.4 Å². The summed E-state index contributed by atoms with van der Waals surface area (Å²) >= 11 is 0. The number of phenols is 1. The number of carbonyl (C=O) groups is 4. The molecule has 3 N–H and O–H groups in total. The Morgan fingerprint density at radius 1 is 0.958 bits per heavy atom. The van der Waals surface area contributed by atoms with Gasteiger partial charge in [-0.05, 0) is 23.8 Å². The Morgan fingerprint density at radius 3 is 1.92 bits per heavy atom. The number of carboxylic acids is 2. The summed E-state index contributed by atoms with van der Waals surface area (Å²) in [5.41, 5.74) is 0.506. The van der Waals surface area contributed by atoms with Crippen molar-refractivity contribution in [2.45, 2.75) is 19.1 Å². The Balaban J connectivity index is 2.85. The van der Waals surface area contributed by atoms with Crippen LogP contribution in [0.5, 0.6) is 5.75 Å². The molecule has 9 heteroatoms. The number of rotatable bonds is 7. The Bertz CT molecular complexity index is 660. The summed E-state index contributed by atoms with van der Waals surface area (Å²) in [6.07, 6.45) is -2.24. The number of carboxylic acid groups (broad SMARTS) is 2. The highest BCUT2D eigenvalue weighted by Crippen LogP contribution is 2.12. The van der Waals surface area contributed by atoms with E-state index in [2.05, 4.69) is 9.47 Å². The predicted molar refractivity (Wildman–Crippen MR) is 77.8 cm³/mol. The van der Waals surface area contributed by atoms with Crippen molar-refractivity contribution in [3.05, 3.63) is 35.9 Å². The molecule has 0 bridgehead atoms. The number of esters is 2. The molecule has 1 aromatic carbocycles. The number of hydrogen-bond acceptors (Lipinski definition) is 7. The highest BCUT2D eigenvalue weighted by molar-refractivity contribution is 5.91. The van der Waals surface area contributed by atoms with Gasteiger partial charge >= 0.3 is 23.9 Å². The standard InChI is InChI=1S/C15H14O9/c1-8(16)23-12(14(19)20)13(15(21)22)24-11(18)7-4-9-2-5-10(17)6-3-9/h2-7,12-13,17H,1H3,(H,19,20)(H,21,22)/t12-,13-/m0/s1. The van der Waals surface area contributed by atoms with Crippen LogP contribution < -0.4 is 0 Å². The molecule has 0 radical (unpaired) electrons. The highest BCUT2D eigenvalue weighted by atomic mass is 16.6. The quantitative estimate of drug-likeness (QED) is 0.475. The lowest BCUT2D eigenvalue weighted by atomic mass is 10.2. The van der Waals surface area contributed by atoms with E-state index in [1.165, 1.54) is 30.3 Å². The molecule has 0 saturated carbocycles. The zero-order valence-corrected chi connectivity index (χ0v) is 12.4. The summed E-state index contributed by atoms with van der Waals surface area (Å²) in [7, 11) is 0. The average Bonchev–Trinajstić information content (AvgIpc) is 2.49. The van der Waals surface area contributed by atoms with E-state index < -0.39 is 36.1 Å². The van der Waals surface area contributed by atoms with Gasteiger partial charge in [0.05, 0.1) is 0 Å². The van der Waals surface area contributed by atoms with Crippen molar-refractivity contribution < 1.29 is 44.0 Å². The van der Waals surface area contributed by atoms with E-state index in [1.54, 1.807) is 0 Å². The van der Waals surface area contributed by atoms with Gasteiger partial charge in [-0.15, -0.1) is 0 Å². The molecule has 0 heterocycles. The molecule has 0 aliphatic heterocycles. The van der Waals surface area contributed by atoms with E-state index in [4.69, 9.17) is 15.3 Å². The number of hydrogen-bond donors (Lipinski definition) is 3. The second kappa shape index (κ2) is 8.32. The van der Waals surface area contributed by atoms with Crippen LogP contribution in [-0.4, -0.2) is 51.4 Å². The van der Waals surface area contributed by atoms with E-state index in [9.17, 15) is 19.2 Å². The molecule has 0 aromatic heterocycles. The van der Waals surface area contributed by atoms with Gasteiger partial charge in [-0.2, -0.15) is 0 Å². The molecule has 24 heavy (non-hydrogen) atoms. The van der Waals surface area contributed by atoms with E-state index >= 15 is 0 Å². The van der Waals surface area contributed by atoms with Crippen molar-refractivity contribution in [2.24, 2.45) is 0 Å². The van der Waals surface area contributed by atoms with Gasteiger partial charge in [0.2, 0.25) is 12.2 Å². The fourth-order valence-electron chi connectivity index (χ4n) is 1.58. The van der Waals surface area contributed by atoms with Crippen LogP contribution in [0.25, 0.3) is 6.08 Å². The third kappa shape index (κ3) is 5.79. The van der Waals surface area contributed by atoms with Gasteiger partial charge in [-0.3, -0.25) is 4.79 Å². The lowest BCUT2D eigenvalue weighted by Gasteiger charge is -2.19. The summed E-state index contributed by atoms with van der Waals surface area (Å²) in [6.45, 7) is 0.890. The molecular formula is C15H14O9. The Hall–Kier alpha value is -3.36. The Kier molecular flexibility index (Phi) is 6.48. The first-order chi connectivity index (χ1) is 11.2. The summed E-state index contributed by atoms with van der Waals surface area (Å²) < 4.78 is 8.91. The number of carbonyl (C=O) groups excluding carboxylic acids is 2. The third-order valence-electron chi connectivity index (χ3n) is 2.60. The van der Waals surface area contributed by atoms with E-state index in [0.717, 1.165) is 13.0 Å². The van der Waals surface area contributed by atoms with Gasteiger partial charge in [0.25, 0.3) is 0 Å². The summed E-state index contributed by atoms with van der Waals surface area (Å²) in [5, 5.41) is 27.0. The van der Waals surface area contributed by atoms with Crippen LogP contribution in [0.15, 0.2) is 30.3 Å². The van der Waals surface area contributed by atoms with Crippen LogP contribution in [0.1, 0.15) is 12.5 Å². The molecule has 0 fully saturated rings. The number of phenolic OH excluding ortho intramolecular Hbond substituents is 1. The molecule has 1 rings (SSSR count). The summed E-state index contributed by atoms with van der Waals surface area (Å²) in [6, 6.07) is 5.69. The average molecular weight is 338 g/mol. The fourth-order valence-corrected chi connectivity index (χ4v) is 1.58. The minimum atomic E-state index is -2.21. The van der Waals surface area contributed by atoms with Crippen molar-refractivity contribution in [3.8, 4) is 5.75 Å². The SMILES string of the molecule is CC(=O)O[C@H](C(=O)O)[C@H](OC(=O)C=Cc1ccc(O)cc1)C(=O)O. The lowest BCUT2D eigenvalue weighted by molar-refractivity contribution is -0.184. The van der Waals surface area contributed by atoms with Crippen LogP contribution in [0.2, 0.25) is 0 Å². The second-order valence-corrected chi connectivity index (χ2v) is 4.49. The molecular weight excluding hydrogens is 324 g/mol. The minimum Gasteiger partial charge on any atom is -0.508 e. The minimum absolute atomic E-state index is 0.0198. The van der Waals surface area contributed by atoms with E-state index in [-0.39, 0.29) is 5.75 Å². The fraction of sp³-hybridized carbons (Fsp3) is 0.200. The van der Waals surface area contributed by atoms with Gasteiger partial charge in [0, 0.05) is 13.0 Å². The first-order valence-corrected chi connectivity index (χ1v) is 6.51. The lowest BCUT2D eigenvalue weighted by Crippen LogP contribution is -2.45. The maximum absolute atomic E-state index is 11.7. The monoisotopic (exact) mass is 338 g/mol. The van der Waals surface area contributed by atoms with Gasteiger partial charge in [-0.1, -0.05) is 12.1 Å². The van der Waals surface area contributed by atoms with Crippen LogP contribution >= 0.6 is 0 Å². The topological polar surface area (TPSA) is 147 Å². The zero-order chi connectivity index (χ0) is 18.3. The summed E-state index contributed by atoms with van der Waals surface area (Å²) in [5.74, 6) is -5.72. The molecule has 2 atom stereocenters. The molecule has 128 valence electrons. The van der Waals surface area contributed by atoms with E-state index in [1.807, 2.05) is 0 Å². The van der Waals surface area contributed by atoms with Crippen molar-refractivity contribution in [1.82, 2.24) is 0 Å². The van der Waals surface area contributed by atoms with Crippen LogP contribution in [0, 0.1) is 0 Å². The number of ether oxygens (including phenoxy) is 2. The normalized spacial score (nSPS) is 13.0. The van der Waals surface area contributed by atoms with Crippen LogP contribution in [0.3, 0.4) is 0 Å². The molecule has 1 aromatic rings. The highest BCUT2D eigenvalue weighted by Gasteiger charge is 2.39. The van der Waals surface area contributed by atoms with Crippen molar-refractivity contribution in [1.29, 1.82) is 0 Å². The first-order valence-electron chi connectivity index (χ1n) is 6.51. The van der Waals surface area contributed by atoms with Crippen LogP contribution in [-0.2, 0) is 28.7 Å². The molecule has 9 nitrogen and oxygen atoms in total. The maximum atomic E-state index is 11.7. The molecule has 0 amide bonds. The van der Waals surface area contributed by atoms with Crippen molar-refractivity contribution >= 4 is 30.0 Å². The summed E-state index contributed by atoms with van der Waals surface area (Å²) in [4.78, 5) is 44.6. The van der Waals surface area contributed by atoms with Crippen LogP contribution in [0.4, 0.5) is 0 Å². The first kappa shape index (κ1) is 18.7. The molecule has 0 spiro atoms.